The van der Waals surface area contributed by atoms with Crippen LogP contribution in [0.5, 0.6) is 0 Å². The van der Waals surface area contributed by atoms with Crippen molar-refractivity contribution in [3.05, 3.63) is 28.7 Å². The fourth-order valence-electron chi connectivity index (χ4n) is 2.78. The SMILES string of the molecule is OCC1(Nc2ccc(Br)cc2)CCCC(C(F)(F)F)C1. The second-order valence-electron chi connectivity index (χ2n) is 5.41. The third kappa shape index (κ3) is 3.67. The Labute approximate surface area is 124 Å². The van der Waals surface area contributed by atoms with E-state index in [4.69, 9.17) is 0 Å². The molecule has 0 aromatic heterocycles. The molecule has 0 saturated heterocycles. The van der Waals surface area contributed by atoms with Crippen LogP contribution >= 0.6 is 15.9 Å². The second kappa shape index (κ2) is 5.93. The Morgan fingerprint density at radius 3 is 2.50 bits per heavy atom. The minimum absolute atomic E-state index is 0.0803. The monoisotopic (exact) mass is 351 g/mol. The summed E-state index contributed by atoms with van der Waals surface area (Å²) in [6.45, 7) is -0.296. The van der Waals surface area contributed by atoms with Crippen molar-refractivity contribution in [1.29, 1.82) is 0 Å². The van der Waals surface area contributed by atoms with Gasteiger partial charge in [0.2, 0.25) is 0 Å². The van der Waals surface area contributed by atoms with Gasteiger partial charge in [-0.15, -0.1) is 0 Å². The van der Waals surface area contributed by atoms with Gasteiger partial charge >= 0.3 is 6.18 Å². The lowest BCUT2D eigenvalue weighted by molar-refractivity contribution is -0.187. The Morgan fingerprint density at radius 2 is 1.95 bits per heavy atom. The predicted molar refractivity (Wildman–Crippen MR) is 75.6 cm³/mol. The van der Waals surface area contributed by atoms with Crippen molar-refractivity contribution in [2.24, 2.45) is 5.92 Å². The summed E-state index contributed by atoms with van der Waals surface area (Å²) in [4.78, 5) is 0. The molecule has 112 valence electrons. The van der Waals surface area contributed by atoms with Crippen molar-refractivity contribution >= 4 is 21.6 Å². The molecule has 0 amide bonds. The largest absolute Gasteiger partial charge is 0.394 e. The van der Waals surface area contributed by atoms with Gasteiger partial charge in [0.05, 0.1) is 18.1 Å². The van der Waals surface area contributed by atoms with E-state index in [0.29, 0.717) is 12.8 Å². The number of hydrogen-bond donors (Lipinski definition) is 2. The molecule has 0 radical (unpaired) electrons. The Kier molecular flexibility index (Phi) is 4.64. The average Bonchev–Trinajstić information content (AvgIpc) is 2.41. The standard InChI is InChI=1S/C14H17BrF3NO/c15-11-3-5-12(6-4-11)19-13(9-20)7-1-2-10(8-13)14(16,17)18/h3-6,10,19-20H,1-2,7-9H2. The fourth-order valence-corrected chi connectivity index (χ4v) is 3.04. The minimum Gasteiger partial charge on any atom is -0.394 e. The van der Waals surface area contributed by atoms with Crippen molar-refractivity contribution in [2.45, 2.75) is 37.4 Å². The third-order valence-corrected chi connectivity index (χ3v) is 4.39. The molecule has 0 spiro atoms. The first-order chi connectivity index (χ1) is 9.35. The van der Waals surface area contributed by atoms with Gasteiger partial charge in [0.25, 0.3) is 0 Å². The van der Waals surface area contributed by atoms with Crippen LogP contribution in [-0.2, 0) is 0 Å². The topological polar surface area (TPSA) is 32.3 Å². The lowest BCUT2D eigenvalue weighted by Crippen LogP contribution is -2.48. The molecule has 2 unspecified atom stereocenters. The molecule has 1 aliphatic rings. The highest BCUT2D eigenvalue weighted by molar-refractivity contribution is 9.10. The normalized spacial score (nSPS) is 27.4. The molecule has 1 fully saturated rings. The van der Waals surface area contributed by atoms with E-state index >= 15 is 0 Å². The maximum Gasteiger partial charge on any atom is 0.391 e. The second-order valence-corrected chi connectivity index (χ2v) is 6.32. The Bertz CT molecular complexity index is 449. The van der Waals surface area contributed by atoms with Gasteiger partial charge < -0.3 is 10.4 Å². The summed E-state index contributed by atoms with van der Waals surface area (Å²) in [6, 6.07) is 7.21. The molecule has 20 heavy (non-hydrogen) atoms. The number of alkyl halides is 3. The molecule has 1 aromatic rings. The van der Waals surface area contributed by atoms with Gasteiger partial charge in [-0.3, -0.25) is 0 Å². The van der Waals surface area contributed by atoms with Crippen molar-refractivity contribution in [1.82, 2.24) is 0 Å². The number of nitrogens with one attached hydrogen (secondary N) is 1. The predicted octanol–water partition coefficient (Wildman–Crippen LogP) is 4.34. The average molecular weight is 352 g/mol. The summed E-state index contributed by atoms with van der Waals surface area (Å²) in [7, 11) is 0. The number of aliphatic hydroxyl groups is 1. The van der Waals surface area contributed by atoms with E-state index in [2.05, 4.69) is 21.2 Å². The molecule has 0 aliphatic heterocycles. The van der Waals surface area contributed by atoms with Crippen LogP contribution in [0.2, 0.25) is 0 Å². The Balaban J connectivity index is 2.14. The summed E-state index contributed by atoms with van der Waals surface area (Å²) in [5.41, 5.74) is -0.156. The number of anilines is 1. The zero-order valence-corrected chi connectivity index (χ0v) is 12.5. The van der Waals surface area contributed by atoms with E-state index in [1.165, 1.54) is 0 Å². The zero-order valence-electron chi connectivity index (χ0n) is 10.9. The van der Waals surface area contributed by atoms with Gasteiger partial charge in [-0.05, 0) is 43.5 Å². The lowest BCUT2D eigenvalue weighted by Gasteiger charge is -2.41. The number of hydrogen-bond acceptors (Lipinski definition) is 2. The Hall–Kier alpha value is -0.750. The van der Waals surface area contributed by atoms with E-state index in [-0.39, 0.29) is 19.4 Å². The van der Waals surface area contributed by atoms with E-state index in [1.807, 2.05) is 12.1 Å². The minimum atomic E-state index is -4.19. The van der Waals surface area contributed by atoms with Gasteiger partial charge in [0, 0.05) is 10.2 Å². The molecule has 0 bridgehead atoms. The molecule has 0 heterocycles. The molecule has 2 N–H and O–H groups in total. The molecule has 6 heteroatoms. The third-order valence-electron chi connectivity index (χ3n) is 3.86. The molecule has 2 atom stereocenters. The van der Waals surface area contributed by atoms with Crippen molar-refractivity contribution in [2.75, 3.05) is 11.9 Å². The summed E-state index contributed by atoms with van der Waals surface area (Å²) < 4.78 is 39.6. The molecular formula is C14H17BrF3NO. The molecular weight excluding hydrogens is 335 g/mol. The van der Waals surface area contributed by atoms with Crippen LogP contribution in [0.25, 0.3) is 0 Å². The first kappa shape index (κ1) is 15.6. The maximum absolute atomic E-state index is 12.9. The maximum atomic E-state index is 12.9. The van der Waals surface area contributed by atoms with E-state index in [0.717, 1.165) is 10.2 Å². The molecule has 2 nitrogen and oxygen atoms in total. The molecule has 1 aliphatic carbocycles. The number of rotatable bonds is 3. The van der Waals surface area contributed by atoms with Gasteiger partial charge in [-0.2, -0.15) is 13.2 Å². The summed E-state index contributed by atoms with van der Waals surface area (Å²) in [6.07, 6.45) is -3.11. The molecule has 2 rings (SSSR count). The van der Waals surface area contributed by atoms with Crippen LogP contribution in [0, 0.1) is 5.92 Å². The zero-order chi connectivity index (χ0) is 14.8. The smallest absolute Gasteiger partial charge is 0.391 e. The summed E-state index contributed by atoms with van der Waals surface area (Å²) in [5, 5.41) is 12.7. The van der Waals surface area contributed by atoms with E-state index < -0.39 is 17.6 Å². The van der Waals surface area contributed by atoms with Crippen molar-refractivity contribution in [3.8, 4) is 0 Å². The lowest BCUT2D eigenvalue weighted by atomic mass is 9.75. The van der Waals surface area contributed by atoms with E-state index in [1.54, 1.807) is 12.1 Å². The fraction of sp³-hybridized carbons (Fsp3) is 0.571. The highest BCUT2D eigenvalue weighted by Gasteiger charge is 2.47. The molecule has 1 saturated carbocycles. The Morgan fingerprint density at radius 1 is 1.30 bits per heavy atom. The van der Waals surface area contributed by atoms with Gasteiger partial charge in [-0.1, -0.05) is 22.4 Å². The molecule has 1 aromatic carbocycles. The summed E-state index contributed by atoms with van der Waals surface area (Å²) >= 11 is 3.31. The van der Waals surface area contributed by atoms with Gasteiger partial charge in [0.1, 0.15) is 0 Å². The van der Waals surface area contributed by atoms with Crippen LogP contribution < -0.4 is 5.32 Å². The van der Waals surface area contributed by atoms with Crippen LogP contribution in [0.4, 0.5) is 18.9 Å². The highest BCUT2D eigenvalue weighted by Crippen LogP contribution is 2.42. The number of halogens is 4. The van der Waals surface area contributed by atoms with Crippen LogP contribution in [-0.4, -0.2) is 23.4 Å². The van der Waals surface area contributed by atoms with E-state index in [9.17, 15) is 18.3 Å². The van der Waals surface area contributed by atoms with Gasteiger partial charge in [-0.25, -0.2) is 0 Å². The first-order valence-electron chi connectivity index (χ1n) is 6.56. The van der Waals surface area contributed by atoms with Crippen molar-refractivity contribution < 1.29 is 18.3 Å². The summed E-state index contributed by atoms with van der Waals surface area (Å²) in [5.74, 6) is -1.34. The van der Waals surface area contributed by atoms with Crippen LogP contribution in [0.3, 0.4) is 0 Å². The highest BCUT2D eigenvalue weighted by atomic mass is 79.9. The first-order valence-corrected chi connectivity index (χ1v) is 7.35. The van der Waals surface area contributed by atoms with Crippen molar-refractivity contribution in [3.63, 3.8) is 0 Å². The van der Waals surface area contributed by atoms with Crippen LogP contribution in [0.1, 0.15) is 25.7 Å². The van der Waals surface area contributed by atoms with Crippen LogP contribution in [0.15, 0.2) is 28.7 Å². The van der Waals surface area contributed by atoms with Gasteiger partial charge in [0.15, 0.2) is 0 Å². The number of benzene rings is 1. The number of aliphatic hydroxyl groups excluding tert-OH is 1. The quantitative estimate of drug-likeness (QED) is 0.848.